The lowest BCUT2D eigenvalue weighted by molar-refractivity contribution is -0.384. The lowest BCUT2D eigenvalue weighted by atomic mass is 10.0. The summed E-state index contributed by atoms with van der Waals surface area (Å²) in [5.74, 6) is -1.04. The molecule has 0 saturated heterocycles. The van der Waals surface area contributed by atoms with E-state index >= 15 is 0 Å². The first-order valence-electron chi connectivity index (χ1n) is 13.5. The Morgan fingerprint density at radius 1 is 0.909 bits per heavy atom. The second-order valence-corrected chi connectivity index (χ2v) is 10.7. The molecule has 9 nitrogen and oxygen atoms in total. The van der Waals surface area contributed by atoms with Crippen LogP contribution in [-0.2, 0) is 16.0 Å². The Labute approximate surface area is 257 Å². The van der Waals surface area contributed by atoms with Crippen molar-refractivity contribution in [3.8, 4) is 10.4 Å². The molecule has 0 aliphatic heterocycles. The molecule has 0 bridgehead atoms. The van der Waals surface area contributed by atoms with E-state index in [4.69, 9.17) is 0 Å². The lowest BCUT2D eigenvalue weighted by Crippen LogP contribution is -2.18. The van der Waals surface area contributed by atoms with Gasteiger partial charge in [0.25, 0.3) is 5.69 Å². The minimum atomic E-state index is -0.466. The van der Waals surface area contributed by atoms with Gasteiger partial charge >= 0.3 is 0 Å². The van der Waals surface area contributed by atoms with E-state index in [-0.39, 0.29) is 29.4 Å². The van der Waals surface area contributed by atoms with Gasteiger partial charge in [0.1, 0.15) is 0 Å². The minimum Gasteiger partial charge on any atom is -0.325 e. The minimum absolute atomic E-state index is 0.0169. The van der Waals surface area contributed by atoms with Crippen molar-refractivity contribution in [2.45, 2.75) is 13.3 Å². The van der Waals surface area contributed by atoms with Crippen LogP contribution >= 0.6 is 11.3 Å². The van der Waals surface area contributed by atoms with E-state index in [1.807, 2.05) is 31.2 Å². The molecule has 10 heteroatoms. The molecule has 0 radical (unpaired) electrons. The Morgan fingerprint density at radius 3 is 2.34 bits per heavy atom. The van der Waals surface area contributed by atoms with Crippen molar-refractivity contribution in [2.24, 2.45) is 0 Å². The summed E-state index contributed by atoms with van der Waals surface area (Å²) in [6, 6.07) is 27.2. The highest BCUT2D eigenvalue weighted by molar-refractivity contribution is 7.13. The molecule has 0 aliphatic rings. The van der Waals surface area contributed by atoms with Crippen molar-refractivity contribution >= 4 is 52.1 Å². The van der Waals surface area contributed by atoms with Crippen molar-refractivity contribution in [3.63, 3.8) is 0 Å². The molecule has 2 amide bonds. The largest absolute Gasteiger partial charge is 0.325 e. The van der Waals surface area contributed by atoms with Gasteiger partial charge in [-0.25, -0.2) is 4.98 Å². The Kier molecular flexibility index (Phi) is 9.12. The second-order valence-electron chi connectivity index (χ2n) is 9.86. The van der Waals surface area contributed by atoms with Crippen LogP contribution in [0.4, 0.5) is 17.1 Å². The van der Waals surface area contributed by atoms with E-state index in [9.17, 15) is 24.5 Å². The van der Waals surface area contributed by atoms with Gasteiger partial charge in [-0.15, -0.1) is 11.3 Å². The first-order valence-corrected chi connectivity index (χ1v) is 14.4. The van der Waals surface area contributed by atoms with E-state index in [1.54, 1.807) is 66.2 Å². The second kappa shape index (κ2) is 13.5. The Bertz CT molecular complexity index is 1860. The van der Waals surface area contributed by atoms with Crippen LogP contribution in [0.1, 0.15) is 32.7 Å². The molecule has 5 rings (SSSR count). The summed E-state index contributed by atoms with van der Waals surface area (Å²) in [6.45, 7) is 1.97. The summed E-state index contributed by atoms with van der Waals surface area (Å²) < 4.78 is 0. The van der Waals surface area contributed by atoms with Crippen LogP contribution in [0, 0.1) is 17.0 Å². The summed E-state index contributed by atoms with van der Waals surface area (Å²) in [4.78, 5) is 54.8. The van der Waals surface area contributed by atoms with Crippen LogP contribution in [0.2, 0.25) is 0 Å². The highest BCUT2D eigenvalue weighted by Gasteiger charge is 2.17. The third kappa shape index (κ3) is 7.36. The number of nitrogens with one attached hydrogen (secondary N) is 2. The van der Waals surface area contributed by atoms with E-state index < -0.39 is 10.8 Å². The SMILES string of the molecule is Cc1ccc(CC(=O)Nc2ccc(NC(=O)C=Cc3ncsc3-c3ccc([N+](=O)[O-])cc3)cc2C(=O)c2ccccc2)cc1. The monoisotopic (exact) mass is 602 g/mol. The zero-order chi connectivity index (χ0) is 31.1. The highest BCUT2D eigenvalue weighted by Crippen LogP contribution is 2.30. The zero-order valence-electron chi connectivity index (χ0n) is 23.5. The van der Waals surface area contributed by atoms with Crippen molar-refractivity contribution in [2.75, 3.05) is 10.6 Å². The predicted molar refractivity (Wildman–Crippen MR) is 172 cm³/mol. The van der Waals surface area contributed by atoms with Gasteiger partial charge in [-0.2, -0.15) is 0 Å². The van der Waals surface area contributed by atoms with Gasteiger partial charge < -0.3 is 10.6 Å². The summed E-state index contributed by atoms with van der Waals surface area (Å²) >= 11 is 1.35. The van der Waals surface area contributed by atoms with E-state index in [0.717, 1.165) is 21.6 Å². The molecule has 0 spiro atoms. The molecule has 0 aliphatic carbocycles. The first-order chi connectivity index (χ1) is 21.3. The molecule has 2 N–H and O–H groups in total. The quantitative estimate of drug-likeness (QED) is 0.0759. The summed E-state index contributed by atoms with van der Waals surface area (Å²) in [5, 5.41) is 16.6. The number of amides is 2. The number of benzene rings is 4. The van der Waals surface area contributed by atoms with Gasteiger partial charge in [0, 0.05) is 35.0 Å². The molecule has 0 saturated carbocycles. The van der Waals surface area contributed by atoms with Gasteiger partial charge in [-0.1, -0.05) is 60.2 Å². The van der Waals surface area contributed by atoms with Crippen LogP contribution < -0.4 is 10.6 Å². The number of nitrogens with zero attached hydrogens (tertiary/aromatic N) is 2. The van der Waals surface area contributed by atoms with Gasteiger partial charge in [-0.3, -0.25) is 24.5 Å². The number of ketones is 1. The molecule has 44 heavy (non-hydrogen) atoms. The van der Waals surface area contributed by atoms with Crippen molar-refractivity contribution in [1.29, 1.82) is 0 Å². The maximum atomic E-state index is 13.5. The number of aromatic nitrogens is 1. The van der Waals surface area contributed by atoms with Crippen LogP contribution in [0.3, 0.4) is 0 Å². The third-order valence-corrected chi connectivity index (χ3v) is 7.55. The number of nitro groups is 1. The number of thiazole rings is 1. The maximum Gasteiger partial charge on any atom is 0.269 e. The predicted octanol–water partition coefficient (Wildman–Crippen LogP) is 7.09. The smallest absolute Gasteiger partial charge is 0.269 e. The molecular weight excluding hydrogens is 576 g/mol. The molecule has 218 valence electrons. The zero-order valence-corrected chi connectivity index (χ0v) is 24.3. The van der Waals surface area contributed by atoms with E-state index in [1.165, 1.54) is 35.6 Å². The van der Waals surface area contributed by atoms with Crippen LogP contribution in [0.5, 0.6) is 0 Å². The third-order valence-electron chi connectivity index (χ3n) is 6.65. The number of rotatable bonds is 10. The van der Waals surface area contributed by atoms with Gasteiger partial charge in [0.2, 0.25) is 11.8 Å². The molecule has 0 fully saturated rings. The van der Waals surface area contributed by atoms with Gasteiger partial charge in [0.15, 0.2) is 5.78 Å². The van der Waals surface area contributed by atoms with Gasteiger partial charge in [-0.05, 0) is 54.5 Å². The molecule has 1 aromatic heterocycles. The van der Waals surface area contributed by atoms with E-state index in [0.29, 0.717) is 22.6 Å². The number of carbonyl (C=O) groups is 3. The standard InChI is InChI=1S/C34H26N4O5S/c1-22-7-9-23(10-8-22)19-32(40)37-29-16-13-26(20-28(29)33(41)24-5-3-2-4-6-24)36-31(39)18-17-30-34(44-21-35-30)25-11-14-27(15-12-25)38(42)43/h2-18,20-21H,19H2,1H3,(H,36,39)(H,37,40). The Balaban J connectivity index is 1.34. The number of hydrogen-bond donors (Lipinski definition) is 2. The number of non-ortho nitro benzene ring substituents is 1. The number of nitro benzene ring substituents is 1. The topological polar surface area (TPSA) is 131 Å². The summed E-state index contributed by atoms with van der Waals surface area (Å²) in [7, 11) is 0. The molecule has 5 aromatic rings. The Morgan fingerprint density at radius 2 is 1.64 bits per heavy atom. The Hall–Kier alpha value is -5.74. The molecule has 0 unspecified atom stereocenters. The van der Waals surface area contributed by atoms with Crippen LogP contribution in [0.25, 0.3) is 16.5 Å². The van der Waals surface area contributed by atoms with Crippen molar-refractivity contribution in [1.82, 2.24) is 4.98 Å². The lowest BCUT2D eigenvalue weighted by Gasteiger charge is -2.13. The summed E-state index contributed by atoms with van der Waals surface area (Å²) in [5.41, 5.74) is 6.18. The van der Waals surface area contributed by atoms with Crippen LogP contribution in [-0.4, -0.2) is 27.5 Å². The first kappa shape index (κ1) is 29.7. The number of aryl methyl sites for hydroxylation is 1. The van der Waals surface area contributed by atoms with Crippen molar-refractivity contribution < 1.29 is 19.3 Å². The molecule has 0 atom stereocenters. The number of carbonyl (C=O) groups excluding carboxylic acids is 3. The molecule has 4 aromatic carbocycles. The van der Waals surface area contributed by atoms with Crippen LogP contribution in [0.15, 0.2) is 109 Å². The van der Waals surface area contributed by atoms with Gasteiger partial charge in [0.05, 0.1) is 33.1 Å². The average molecular weight is 603 g/mol. The molecular formula is C34H26N4O5S. The summed E-state index contributed by atoms with van der Waals surface area (Å²) in [6.07, 6.45) is 3.01. The number of anilines is 2. The fourth-order valence-electron chi connectivity index (χ4n) is 4.41. The molecule has 1 heterocycles. The van der Waals surface area contributed by atoms with E-state index in [2.05, 4.69) is 15.6 Å². The number of hydrogen-bond acceptors (Lipinski definition) is 7. The highest BCUT2D eigenvalue weighted by atomic mass is 32.1. The fourth-order valence-corrected chi connectivity index (χ4v) is 5.20. The average Bonchev–Trinajstić information content (AvgIpc) is 3.51. The van der Waals surface area contributed by atoms with Crippen molar-refractivity contribution in [3.05, 3.63) is 147 Å². The normalized spacial score (nSPS) is 10.8. The fraction of sp³-hybridized carbons (Fsp3) is 0.0588. The maximum absolute atomic E-state index is 13.5.